The molecule has 1 saturated carbocycles. The van der Waals surface area contributed by atoms with E-state index in [4.69, 9.17) is 0 Å². The Morgan fingerprint density at radius 2 is 1.65 bits per heavy atom. The van der Waals surface area contributed by atoms with Gasteiger partial charge in [-0.3, -0.25) is 4.79 Å². The summed E-state index contributed by atoms with van der Waals surface area (Å²) in [4.78, 5) is 24.0. The molecule has 0 heterocycles. The van der Waals surface area contributed by atoms with Crippen LogP contribution in [0.5, 0.6) is 5.75 Å². The second-order valence-electron chi connectivity index (χ2n) is 5.66. The number of hydrogen-bond donors (Lipinski definition) is 2. The first-order valence-corrected chi connectivity index (χ1v) is 7.54. The molecule has 0 radical (unpaired) electrons. The molecule has 0 unspecified atom stereocenters. The van der Waals surface area contributed by atoms with E-state index in [1.165, 1.54) is 24.3 Å². The SMILES string of the molecule is O=C(NC1(C(=O)O)CCCCCC1)c1ccc(OC(F)F)cc1. The molecule has 23 heavy (non-hydrogen) atoms. The number of carboxylic acids is 1. The van der Waals surface area contributed by atoms with Gasteiger partial charge in [-0.2, -0.15) is 8.78 Å². The highest BCUT2D eigenvalue weighted by atomic mass is 19.3. The van der Waals surface area contributed by atoms with Crippen molar-refractivity contribution in [2.24, 2.45) is 0 Å². The molecule has 0 spiro atoms. The van der Waals surface area contributed by atoms with Gasteiger partial charge in [0.2, 0.25) is 0 Å². The largest absolute Gasteiger partial charge is 0.480 e. The summed E-state index contributed by atoms with van der Waals surface area (Å²) in [7, 11) is 0. The highest BCUT2D eigenvalue weighted by molar-refractivity contribution is 5.98. The van der Waals surface area contributed by atoms with Crippen molar-refractivity contribution in [2.75, 3.05) is 0 Å². The third-order valence-corrected chi connectivity index (χ3v) is 4.06. The fraction of sp³-hybridized carbons (Fsp3) is 0.500. The van der Waals surface area contributed by atoms with Crippen LogP contribution in [0.25, 0.3) is 0 Å². The maximum absolute atomic E-state index is 12.3. The fourth-order valence-electron chi connectivity index (χ4n) is 2.80. The summed E-state index contributed by atoms with van der Waals surface area (Å²) in [5.41, 5.74) is -1.05. The van der Waals surface area contributed by atoms with Gasteiger partial charge < -0.3 is 15.2 Å². The minimum absolute atomic E-state index is 0.0565. The van der Waals surface area contributed by atoms with Crippen LogP contribution in [-0.2, 0) is 4.79 Å². The first-order valence-electron chi connectivity index (χ1n) is 7.54. The van der Waals surface area contributed by atoms with Gasteiger partial charge in [0.05, 0.1) is 0 Å². The van der Waals surface area contributed by atoms with E-state index in [2.05, 4.69) is 10.1 Å². The predicted molar refractivity (Wildman–Crippen MR) is 78.6 cm³/mol. The normalized spacial score (nSPS) is 17.3. The topological polar surface area (TPSA) is 75.6 Å². The van der Waals surface area contributed by atoms with Gasteiger partial charge in [-0.15, -0.1) is 0 Å². The highest BCUT2D eigenvalue weighted by Crippen LogP contribution is 2.28. The molecule has 1 aromatic rings. The van der Waals surface area contributed by atoms with Crippen LogP contribution in [0.4, 0.5) is 8.78 Å². The Kier molecular flexibility index (Phi) is 5.52. The summed E-state index contributed by atoms with van der Waals surface area (Å²) < 4.78 is 28.4. The van der Waals surface area contributed by atoms with E-state index in [-0.39, 0.29) is 11.3 Å². The molecule has 1 amide bonds. The van der Waals surface area contributed by atoms with Crippen molar-refractivity contribution >= 4 is 11.9 Å². The number of ether oxygens (including phenoxy) is 1. The Balaban J connectivity index is 2.10. The molecule has 0 aliphatic heterocycles. The number of rotatable bonds is 5. The molecule has 2 rings (SSSR count). The molecule has 7 heteroatoms. The van der Waals surface area contributed by atoms with E-state index in [0.29, 0.717) is 12.8 Å². The van der Waals surface area contributed by atoms with Gasteiger partial charge >= 0.3 is 12.6 Å². The Hall–Kier alpha value is -2.18. The van der Waals surface area contributed by atoms with Crippen molar-refractivity contribution < 1.29 is 28.2 Å². The van der Waals surface area contributed by atoms with Crippen LogP contribution in [0.1, 0.15) is 48.9 Å². The lowest BCUT2D eigenvalue weighted by Crippen LogP contribution is -2.54. The van der Waals surface area contributed by atoms with Crippen LogP contribution >= 0.6 is 0 Å². The molecule has 1 aromatic carbocycles. The monoisotopic (exact) mass is 327 g/mol. The summed E-state index contributed by atoms with van der Waals surface area (Å²) in [5.74, 6) is -1.62. The maximum Gasteiger partial charge on any atom is 0.387 e. The number of aliphatic carboxylic acids is 1. The minimum atomic E-state index is -2.93. The van der Waals surface area contributed by atoms with Crippen molar-refractivity contribution in [3.8, 4) is 5.75 Å². The molecule has 1 fully saturated rings. The number of carbonyl (C=O) groups excluding carboxylic acids is 1. The Bertz CT molecular complexity index is 552. The number of amides is 1. The number of carboxylic acid groups (broad SMARTS) is 1. The van der Waals surface area contributed by atoms with E-state index in [9.17, 15) is 23.5 Å². The molecule has 0 aromatic heterocycles. The lowest BCUT2D eigenvalue weighted by atomic mass is 9.90. The molecule has 0 atom stereocenters. The first-order chi connectivity index (χ1) is 10.9. The van der Waals surface area contributed by atoms with Crippen LogP contribution in [0.15, 0.2) is 24.3 Å². The van der Waals surface area contributed by atoms with E-state index in [0.717, 1.165) is 25.7 Å². The number of nitrogens with one attached hydrogen (secondary N) is 1. The van der Waals surface area contributed by atoms with E-state index < -0.39 is 24.0 Å². The van der Waals surface area contributed by atoms with Gasteiger partial charge in [-0.25, -0.2) is 4.79 Å². The quantitative estimate of drug-likeness (QED) is 0.814. The second kappa shape index (κ2) is 7.39. The Labute approximate surface area is 132 Å². The van der Waals surface area contributed by atoms with E-state index in [1.54, 1.807) is 0 Å². The summed E-state index contributed by atoms with van der Waals surface area (Å²) in [6.45, 7) is -2.93. The Morgan fingerprint density at radius 3 is 2.13 bits per heavy atom. The van der Waals surface area contributed by atoms with Crippen molar-refractivity contribution in [1.82, 2.24) is 5.32 Å². The van der Waals surface area contributed by atoms with Crippen molar-refractivity contribution in [2.45, 2.75) is 50.7 Å². The third-order valence-electron chi connectivity index (χ3n) is 4.06. The first kappa shape index (κ1) is 17.2. The standard InChI is InChI=1S/C16H19F2NO4/c17-15(18)23-12-7-5-11(6-8-12)13(20)19-16(14(21)22)9-3-1-2-4-10-16/h5-8,15H,1-4,9-10H2,(H,19,20)(H,21,22). The van der Waals surface area contributed by atoms with Crippen molar-refractivity contribution in [1.29, 1.82) is 0 Å². The van der Waals surface area contributed by atoms with E-state index >= 15 is 0 Å². The number of alkyl halides is 2. The lowest BCUT2D eigenvalue weighted by molar-refractivity contribution is -0.145. The lowest BCUT2D eigenvalue weighted by Gasteiger charge is -2.29. The average molecular weight is 327 g/mol. The molecule has 1 aliphatic rings. The molecule has 0 saturated heterocycles. The summed E-state index contributed by atoms with van der Waals surface area (Å²) in [5, 5.41) is 12.2. The summed E-state index contributed by atoms with van der Waals surface area (Å²) in [6, 6.07) is 5.17. The van der Waals surface area contributed by atoms with Gasteiger partial charge in [-0.1, -0.05) is 25.7 Å². The molecule has 2 N–H and O–H groups in total. The molecule has 0 bridgehead atoms. The zero-order chi connectivity index (χ0) is 16.9. The Morgan fingerprint density at radius 1 is 1.09 bits per heavy atom. The minimum Gasteiger partial charge on any atom is -0.480 e. The van der Waals surface area contributed by atoms with Crippen molar-refractivity contribution in [3.63, 3.8) is 0 Å². The second-order valence-corrected chi connectivity index (χ2v) is 5.66. The zero-order valence-corrected chi connectivity index (χ0v) is 12.6. The van der Waals surface area contributed by atoms with Gasteiger partial charge in [-0.05, 0) is 37.1 Å². The van der Waals surface area contributed by atoms with Crippen LogP contribution in [-0.4, -0.2) is 29.1 Å². The van der Waals surface area contributed by atoms with Gasteiger partial charge in [0.15, 0.2) is 0 Å². The molecule has 126 valence electrons. The number of carbonyl (C=O) groups is 2. The maximum atomic E-state index is 12.3. The van der Waals surface area contributed by atoms with Crippen LogP contribution in [0, 0.1) is 0 Å². The van der Waals surface area contributed by atoms with Gasteiger partial charge in [0, 0.05) is 5.56 Å². The van der Waals surface area contributed by atoms with Crippen LogP contribution in [0.3, 0.4) is 0 Å². The zero-order valence-electron chi connectivity index (χ0n) is 12.6. The number of benzene rings is 1. The van der Waals surface area contributed by atoms with Crippen molar-refractivity contribution in [3.05, 3.63) is 29.8 Å². The molecular weight excluding hydrogens is 308 g/mol. The average Bonchev–Trinajstić information content (AvgIpc) is 2.74. The molecular formula is C16H19F2NO4. The van der Waals surface area contributed by atoms with Gasteiger partial charge in [0.25, 0.3) is 5.91 Å². The predicted octanol–water partition coefficient (Wildman–Crippen LogP) is 3.20. The van der Waals surface area contributed by atoms with Crippen LogP contribution < -0.4 is 10.1 Å². The molecule has 5 nitrogen and oxygen atoms in total. The summed E-state index contributed by atoms with van der Waals surface area (Å²) >= 11 is 0. The molecule has 1 aliphatic carbocycles. The van der Waals surface area contributed by atoms with Crippen LogP contribution in [0.2, 0.25) is 0 Å². The number of halogens is 2. The van der Waals surface area contributed by atoms with E-state index in [1.807, 2.05) is 0 Å². The smallest absolute Gasteiger partial charge is 0.387 e. The fourth-order valence-corrected chi connectivity index (χ4v) is 2.80. The highest BCUT2D eigenvalue weighted by Gasteiger charge is 2.40. The third kappa shape index (κ3) is 4.40. The van der Waals surface area contributed by atoms with Gasteiger partial charge in [0.1, 0.15) is 11.3 Å². The number of hydrogen-bond acceptors (Lipinski definition) is 3. The summed E-state index contributed by atoms with van der Waals surface area (Å²) in [6.07, 6.45) is 4.16.